The van der Waals surface area contributed by atoms with Gasteiger partial charge in [0.25, 0.3) is 0 Å². The molecule has 0 aromatic heterocycles. The summed E-state index contributed by atoms with van der Waals surface area (Å²) >= 11 is 0. The third-order valence-electron chi connectivity index (χ3n) is 2.57. The number of likely N-dealkylation sites (tertiary alicyclic amines) is 1. The highest BCUT2D eigenvalue weighted by molar-refractivity contribution is 5.81. The summed E-state index contributed by atoms with van der Waals surface area (Å²) in [5.74, 6) is -0.169. The summed E-state index contributed by atoms with van der Waals surface area (Å²) in [6.07, 6.45) is 1.86. The second-order valence-corrected chi connectivity index (χ2v) is 3.58. The number of hydrogen-bond acceptors (Lipinski definition) is 4. The van der Waals surface area contributed by atoms with Crippen molar-refractivity contribution in [3.8, 4) is 18.2 Å². The van der Waals surface area contributed by atoms with Crippen molar-refractivity contribution < 1.29 is 4.79 Å². The minimum absolute atomic E-state index is 0.00910. The van der Waals surface area contributed by atoms with Gasteiger partial charge < -0.3 is 4.90 Å². The molecule has 5 heteroatoms. The lowest BCUT2D eigenvalue weighted by atomic mass is 10.1. The summed E-state index contributed by atoms with van der Waals surface area (Å²) in [6, 6.07) is 5.30. The van der Waals surface area contributed by atoms with Crippen LogP contribution in [-0.2, 0) is 4.79 Å². The summed E-state index contributed by atoms with van der Waals surface area (Å²) in [4.78, 5) is 13.1. The molecule has 5 nitrogen and oxygen atoms in total. The number of rotatable bonds is 3. The summed E-state index contributed by atoms with van der Waals surface area (Å²) in [6.45, 7) is 3.99. The maximum atomic E-state index is 11.7. The first kappa shape index (κ1) is 12.5. The van der Waals surface area contributed by atoms with Crippen LogP contribution in [-0.4, -0.2) is 17.4 Å². The van der Waals surface area contributed by atoms with Gasteiger partial charge in [-0.15, -0.1) is 6.58 Å². The predicted molar refractivity (Wildman–Crippen MR) is 58.5 cm³/mol. The highest BCUT2D eigenvalue weighted by Crippen LogP contribution is 2.25. The molecule has 0 saturated carbocycles. The van der Waals surface area contributed by atoms with Crippen molar-refractivity contribution in [2.75, 3.05) is 6.54 Å². The molecule has 1 aliphatic heterocycles. The van der Waals surface area contributed by atoms with Crippen molar-refractivity contribution in [2.24, 2.45) is 5.92 Å². The highest BCUT2D eigenvalue weighted by atomic mass is 16.2. The third-order valence-corrected chi connectivity index (χ3v) is 2.57. The number of amides is 1. The van der Waals surface area contributed by atoms with Crippen molar-refractivity contribution in [3.63, 3.8) is 0 Å². The molecule has 1 fully saturated rings. The Morgan fingerprint density at radius 2 is 2.12 bits per heavy atom. The van der Waals surface area contributed by atoms with Crippen molar-refractivity contribution in [3.05, 3.63) is 23.9 Å². The van der Waals surface area contributed by atoms with Gasteiger partial charge in [-0.1, -0.05) is 6.08 Å². The second-order valence-electron chi connectivity index (χ2n) is 3.58. The van der Waals surface area contributed by atoms with Gasteiger partial charge in [0.1, 0.15) is 17.7 Å². The van der Waals surface area contributed by atoms with Crippen LogP contribution in [0.5, 0.6) is 0 Å². The van der Waals surface area contributed by atoms with E-state index in [-0.39, 0.29) is 29.5 Å². The van der Waals surface area contributed by atoms with E-state index in [0.29, 0.717) is 13.0 Å². The van der Waals surface area contributed by atoms with Crippen LogP contribution in [0.3, 0.4) is 0 Å². The fraction of sp³-hybridized carbons (Fsp3) is 0.333. The molecule has 1 heterocycles. The lowest BCUT2D eigenvalue weighted by molar-refractivity contribution is -0.126. The average molecular weight is 226 g/mol. The quantitative estimate of drug-likeness (QED) is 0.534. The van der Waals surface area contributed by atoms with Crippen molar-refractivity contribution in [2.45, 2.75) is 12.8 Å². The number of carbonyl (C=O) groups excluding carboxylic acids is 1. The maximum Gasteiger partial charge on any atom is 0.227 e. The molecule has 1 atom stereocenters. The zero-order chi connectivity index (χ0) is 12.8. The molecule has 1 amide bonds. The Kier molecular flexibility index (Phi) is 4.03. The number of hydrogen-bond donors (Lipinski definition) is 0. The van der Waals surface area contributed by atoms with Crippen molar-refractivity contribution in [1.82, 2.24) is 4.90 Å². The summed E-state index contributed by atoms with van der Waals surface area (Å²) in [5.41, 5.74) is 0.0245. The molecule has 1 saturated heterocycles. The molecule has 84 valence electrons. The van der Waals surface area contributed by atoms with E-state index >= 15 is 0 Å². The SMILES string of the molecule is C=CC1CC(=O)N(C(CC#N)=C(C#N)C#N)C1. The monoisotopic (exact) mass is 226 g/mol. The topological polar surface area (TPSA) is 91.7 Å². The molecule has 17 heavy (non-hydrogen) atoms. The molecule has 0 aliphatic carbocycles. The number of allylic oxidation sites excluding steroid dienone is 2. The molecule has 0 spiro atoms. The Labute approximate surface area is 99.5 Å². The lowest BCUT2D eigenvalue weighted by Crippen LogP contribution is -2.25. The molecule has 0 aromatic rings. The largest absolute Gasteiger partial charge is 0.312 e. The molecule has 1 rings (SSSR count). The third kappa shape index (κ3) is 2.51. The summed E-state index contributed by atoms with van der Waals surface area (Å²) in [7, 11) is 0. The van der Waals surface area contributed by atoms with E-state index in [1.165, 1.54) is 4.90 Å². The molecule has 1 unspecified atom stereocenters. The Morgan fingerprint density at radius 3 is 2.53 bits per heavy atom. The lowest BCUT2D eigenvalue weighted by Gasteiger charge is -2.17. The fourth-order valence-corrected chi connectivity index (χ4v) is 1.70. The zero-order valence-corrected chi connectivity index (χ0v) is 9.18. The van der Waals surface area contributed by atoms with Gasteiger partial charge in [-0.2, -0.15) is 15.8 Å². The number of nitriles is 3. The van der Waals surface area contributed by atoms with Gasteiger partial charge in [-0.25, -0.2) is 0 Å². The van der Waals surface area contributed by atoms with Gasteiger partial charge >= 0.3 is 0 Å². The fourth-order valence-electron chi connectivity index (χ4n) is 1.70. The van der Waals surface area contributed by atoms with Crippen LogP contribution in [0.15, 0.2) is 23.9 Å². The van der Waals surface area contributed by atoms with Gasteiger partial charge in [-0.3, -0.25) is 4.79 Å². The minimum Gasteiger partial charge on any atom is -0.312 e. The van der Waals surface area contributed by atoms with E-state index in [4.69, 9.17) is 15.8 Å². The van der Waals surface area contributed by atoms with Crippen molar-refractivity contribution >= 4 is 5.91 Å². The smallest absolute Gasteiger partial charge is 0.227 e. The van der Waals surface area contributed by atoms with Gasteiger partial charge in [-0.05, 0) is 0 Å². The summed E-state index contributed by atoms with van der Waals surface area (Å²) < 4.78 is 0. The van der Waals surface area contributed by atoms with Crippen LogP contribution in [0.2, 0.25) is 0 Å². The van der Waals surface area contributed by atoms with E-state index in [2.05, 4.69) is 6.58 Å². The van der Waals surface area contributed by atoms with Crippen LogP contribution in [0.1, 0.15) is 12.8 Å². The van der Waals surface area contributed by atoms with Crippen LogP contribution in [0.4, 0.5) is 0 Å². The van der Waals surface area contributed by atoms with Crippen LogP contribution >= 0.6 is 0 Å². The normalized spacial score (nSPS) is 17.8. The highest BCUT2D eigenvalue weighted by Gasteiger charge is 2.31. The Hall–Kier alpha value is -2.58. The van der Waals surface area contributed by atoms with E-state index in [0.717, 1.165) is 0 Å². The Balaban J connectivity index is 3.12. The van der Waals surface area contributed by atoms with E-state index in [1.54, 1.807) is 18.2 Å². The molecule has 0 radical (unpaired) electrons. The van der Waals surface area contributed by atoms with Crippen molar-refractivity contribution in [1.29, 1.82) is 15.8 Å². The zero-order valence-electron chi connectivity index (χ0n) is 9.18. The first-order valence-corrected chi connectivity index (χ1v) is 5.01. The number of carbonyl (C=O) groups is 1. The predicted octanol–water partition coefficient (Wildman–Crippen LogP) is 1.24. The van der Waals surface area contributed by atoms with Crippen LogP contribution in [0.25, 0.3) is 0 Å². The Morgan fingerprint density at radius 1 is 1.47 bits per heavy atom. The van der Waals surface area contributed by atoms with Gasteiger partial charge in [0, 0.05) is 18.9 Å². The van der Waals surface area contributed by atoms with E-state index in [1.807, 2.05) is 6.07 Å². The summed E-state index contributed by atoms with van der Waals surface area (Å²) in [5, 5.41) is 26.3. The number of nitrogens with zero attached hydrogens (tertiary/aromatic N) is 4. The Bertz CT molecular complexity index is 482. The van der Waals surface area contributed by atoms with Gasteiger partial charge in [0.05, 0.1) is 18.2 Å². The maximum absolute atomic E-state index is 11.7. The molecule has 0 aromatic carbocycles. The molecule has 1 aliphatic rings. The van der Waals surface area contributed by atoms with Crippen LogP contribution < -0.4 is 0 Å². The first-order valence-electron chi connectivity index (χ1n) is 5.01. The van der Waals surface area contributed by atoms with Gasteiger partial charge in [0.2, 0.25) is 5.91 Å². The average Bonchev–Trinajstić information content (AvgIpc) is 2.71. The minimum atomic E-state index is -0.178. The molecular formula is C12H10N4O. The standard InChI is InChI=1S/C12H10N4O/c1-2-9-5-12(17)16(8-9)11(3-4-13)10(6-14)7-15/h2,9H,1,3,5,8H2. The van der Waals surface area contributed by atoms with E-state index < -0.39 is 0 Å². The molecular weight excluding hydrogens is 216 g/mol. The molecule has 0 bridgehead atoms. The van der Waals surface area contributed by atoms with Gasteiger partial charge in [0.15, 0.2) is 0 Å². The van der Waals surface area contributed by atoms with Crippen LogP contribution in [0, 0.1) is 39.9 Å². The molecule has 0 N–H and O–H groups in total. The first-order chi connectivity index (χ1) is 8.17. The van der Waals surface area contributed by atoms with E-state index in [9.17, 15) is 4.79 Å². The second kappa shape index (κ2) is 5.49.